The minimum Gasteiger partial charge on any atom is -0.496 e. The Morgan fingerprint density at radius 3 is 2.09 bits per heavy atom. The van der Waals surface area contributed by atoms with Crippen molar-refractivity contribution in [3.05, 3.63) is 59.7 Å². The Balaban J connectivity index is 2.25. The maximum atomic E-state index is 12.2. The van der Waals surface area contributed by atoms with Crippen LogP contribution < -0.4 is 14.8 Å². The van der Waals surface area contributed by atoms with Gasteiger partial charge >= 0.3 is 0 Å². The van der Waals surface area contributed by atoms with Crippen LogP contribution in [0.3, 0.4) is 0 Å². The fraction of sp³-hybridized carbons (Fsp3) is 0.167. The van der Waals surface area contributed by atoms with E-state index in [4.69, 9.17) is 9.47 Å². The number of anilines is 1. The summed E-state index contributed by atoms with van der Waals surface area (Å²) >= 11 is 0. The molecule has 0 aliphatic heterocycles. The molecule has 0 aliphatic carbocycles. The molecular weight excluding hydrogens is 278 g/mol. The lowest BCUT2D eigenvalue weighted by Gasteiger charge is -2.09. The molecule has 0 spiro atoms. The number of hydrogen-bond donors (Lipinski definition) is 1. The number of methoxy groups -OCH3 is 2. The summed E-state index contributed by atoms with van der Waals surface area (Å²) in [6.45, 7) is 0. The molecule has 0 unspecified atom stereocenters. The van der Waals surface area contributed by atoms with Crippen molar-refractivity contribution in [1.29, 1.82) is 0 Å². The lowest BCUT2D eigenvalue weighted by Crippen LogP contribution is -1.96. The van der Waals surface area contributed by atoms with Crippen molar-refractivity contribution in [3.63, 3.8) is 0 Å². The summed E-state index contributed by atoms with van der Waals surface area (Å²) in [6, 6.07) is 12.8. The molecule has 0 heterocycles. The SMILES string of the molecule is CNc1ccc(C(=O)/C=C/c2c(OC)cccc2OC)cc1. The molecule has 0 atom stereocenters. The van der Waals surface area contributed by atoms with Crippen molar-refractivity contribution in [2.45, 2.75) is 0 Å². The normalized spacial score (nSPS) is 10.5. The van der Waals surface area contributed by atoms with Gasteiger partial charge in [-0.3, -0.25) is 4.79 Å². The average molecular weight is 297 g/mol. The molecule has 0 fully saturated rings. The second kappa shape index (κ2) is 7.31. The zero-order valence-electron chi connectivity index (χ0n) is 12.9. The Morgan fingerprint density at radius 2 is 1.59 bits per heavy atom. The summed E-state index contributed by atoms with van der Waals surface area (Å²) in [4.78, 5) is 12.2. The third kappa shape index (κ3) is 3.47. The van der Waals surface area contributed by atoms with Crippen molar-refractivity contribution in [2.24, 2.45) is 0 Å². The third-order valence-electron chi connectivity index (χ3n) is 3.33. The fourth-order valence-electron chi connectivity index (χ4n) is 2.10. The van der Waals surface area contributed by atoms with Crippen LogP contribution in [0, 0.1) is 0 Å². The summed E-state index contributed by atoms with van der Waals surface area (Å²) in [5, 5.41) is 3.02. The molecule has 0 radical (unpaired) electrons. The number of carbonyl (C=O) groups excluding carboxylic acids is 1. The molecule has 0 bridgehead atoms. The Labute approximate surface area is 130 Å². The predicted molar refractivity (Wildman–Crippen MR) is 88.9 cm³/mol. The maximum absolute atomic E-state index is 12.2. The van der Waals surface area contributed by atoms with Gasteiger partial charge in [-0.15, -0.1) is 0 Å². The van der Waals surface area contributed by atoms with Gasteiger partial charge in [-0.05, 0) is 48.6 Å². The van der Waals surface area contributed by atoms with E-state index in [0.717, 1.165) is 11.3 Å². The van der Waals surface area contributed by atoms with E-state index in [1.807, 2.05) is 37.4 Å². The molecule has 0 aliphatic rings. The highest BCUT2D eigenvalue weighted by atomic mass is 16.5. The van der Waals surface area contributed by atoms with Crippen molar-refractivity contribution in [1.82, 2.24) is 0 Å². The molecule has 2 aromatic carbocycles. The molecule has 0 saturated heterocycles. The minimum absolute atomic E-state index is 0.0735. The smallest absolute Gasteiger partial charge is 0.185 e. The van der Waals surface area contributed by atoms with Gasteiger partial charge in [0.1, 0.15) is 11.5 Å². The van der Waals surface area contributed by atoms with Gasteiger partial charge in [0.15, 0.2) is 5.78 Å². The van der Waals surface area contributed by atoms with Crippen LogP contribution in [-0.2, 0) is 0 Å². The summed E-state index contributed by atoms with van der Waals surface area (Å²) in [5.41, 5.74) is 2.34. The molecule has 1 N–H and O–H groups in total. The zero-order chi connectivity index (χ0) is 15.9. The van der Waals surface area contributed by atoms with E-state index in [0.29, 0.717) is 17.1 Å². The van der Waals surface area contributed by atoms with Crippen LogP contribution in [-0.4, -0.2) is 27.1 Å². The van der Waals surface area contributed by atoms with Gasteiger partial charge < -0.3 is 14.8 Å². The van der Waals surface area contributed by atoms with Gasteiger partial charge in [0, 0.05) is 18.3 Å². The Morgan fingerprint density at radius 1 is 1.00 bits per heavy atom. The highest BCUT2D eigenvalue weighted by Crippen LogP contribution is 2.29. The number of benzene rings is 2. The maximum Gasteiger partial charge on any atom is 0.185 e. The van der Waals surface area contributed by atoms with Crippen molar-refractivity contribution >= 4 is 17.5 Å². The van der Waals surface area contributed by atoms with E-state index in [1.54, 1.807) is 32.4 Å². The molecule has 0 amide bonds. The highest BCUT2D eigenvalue weighted by molar-refractivity contribution is 6.07. The number of allylic oxidation sites excluding steroid dienone is 1. The van der Waals surface area contributed by atoms with Gasteiger partial charge in [0.2, 0.25) is 0 Å². The second-order valence-corrected chi connectivity index (χ2v) is 4.60. The first kappa shape index (κ1) is 15.6. The largest absolute Gasteiger partial charge is 0.496 e. The quantitative estimate of drug-likeness (QED) is 0.653. The average Bonchev–Trinajstić information content (AvgIpc) is 2.59. The molecule has 2 rings (SSSR count). The van der Waals surface area contributed by atoms with Gasteiger partial charge in [-0.2, -0.15) is 0 Å². The Hall–Kier alpha value is -2.75. The van der Waals surface area contributed by atoms with Crippen molar-refractivity contribution in [2.75, 3.05) is 26.6 Å². The van der Waals surface area contributed by atoms with Gasteiger partial charge in [0.25, 0.3) is 0 Å². The lowest BCUT2D eigenvalue weighted by molar-refractivity contribution is 0.104. The Bertz CT molecular complexity index is 653. The van der Waals surface area contributed by atoms with Crippen LogP contribution in [0.4, 0.5) is 5.69 Å². The highest BCUT2D eigenvalue weighted by Gasteiger charge is 2.08. The first-order valence-electron chi connectivity index (χ1n) is 6.90. The molecule has 4 nitrogen and oxygen atoms in total. The third-order valence-corrected chi connectivity index (χ3v) is 3.33. The number of carbonyl (C=O) groups is 1. The first-order chi connectivity index (χ1) is 10.7. The molecular formula is C18H19NO3. The van der Waals surface area contributed by atoms with Crippen LogP contribution in [0.5, 0.6) is 11.5 Å². The van der Waals surface area contributed by atoms with Crippen LogP contribution >= 0.6 is 0 Å². The summed E-state index contributed by atoms with van der Waals surface area (Å²) < 4.78 is 10.6. The molecule has 0 aromatic heterocycles. The predicted octanol–water partition coefficient (Wildman–Crippen LogP) is 3.64. The first-order valence-corrected chi connectivity index (χ1v) is 6.90. The topological polar surface area (TPSA) is 47.6 Å². The van der Waals surface area contributed by atoms with Crippen LogP contribution in [0.1, 0.15) is 15.9 Å². The fourth-order valence-corrected chi connectivity index (χ4v) is 2.10. The summed E-state index contributed by atoms with van der Waals surface area (Å²) in [7, 11) is 5.01. The number of nitrogens with one attached hydrogen (secondary N) is 1. The summed E-state index contributed by atoms with van der Waals surface area (Å²) in [5.74, 6) is 1.25. The van der Waals surface area contributed by atoms with Crippen molar-refractivity contribution < 1.29 is 14.3 Å². The van der Waals surface area contributed by atoms with Gasteiger partial charge in [0.05, 0.1) is 19.8 Å². The van der Waals surface area contributed by atoms with E-state index in [9.17, 15) is 4.79 Å². The molecule has 2 aromatic rings. The summed E-state index contributed by atoms with van der Waals surface area (Å²) in [6.07, 6.45) is 3.24. The van der Waals surface area contributed by atoms with Crippen molar-refractivity contribution in [3.8, 4) is 11.5 Å². The zero-order valence-corrected chi connectivity index (χ0v) is 12.9. The number of ether oxygens (including phenoxy) is 2. The van der Waals surface area contributed by atoms with E-state index in [2.05, 4.69) is 5.32 Å². The van der Waals surface area contributed by atoms with Gasteiger partial charge in [-0.25, -0.2) is 0 Å². The lowest BCUT2D eigenvalue weighted by atomic mass is 10.1. The monoisotopic (exact) mass is 297 g/mol. The molecule has 22 heavy (non-hydrogen) atoms. The van der Waals surface area contributed by atoms with E-state index in [1.165, 1.54) is 6.08 Å². The number of rotatable bonds is 6. The minimum atomic E-state index is -0.0735. The molecule has 4 heteroatoms. The number of hydrogen-bond acceptors (Lipinski definition) is 4. The van der Waals surface area contributed by atoms with Gasteiger partial charge in [-0.1, -0.05) is 6.07 Å². The van der Waals surface area contributed by atoms with E-state index >= 15 is 0 Å². The van der Waals surface area contributed by atoms with Crippen LogP contribution in [0.2, 0.25) is 0 Å². The van der Waals surface area contributed by atoms with E-state index in [-0.39, 0.29) is 5.78 Å². The number of ketones is 1. The van der Waals surface area contributed by atoms with Crippen LogP contribution in [0.15, 0.2) is 48.5 Å². The second-order valence-electron chi connectivity index (χ2n) is 4.60. The Kier molecular flexibility index (Phi) is 5.20. The van der Waals surface area contributed by atoms with Crippen LogP contribution in [0.25, 0.3) is 6.08 Å². The standard InChI is InChI=1S/C18H19NO3/c1-19-14-9-7-13(8-10-14)16(20)12-11-15-17(21-2)5-4-6-18(15)22-3/h4-12,19H,1-3H3/b12-11+. The molecule has 114 valence electrons. The molecule has 0 saturated carbocycles. The van der Waals surface area contributed by atoms with E-state index < -0.39 is 0 Å².